The first-order valence-corrected chi connectivity index (χ1v) is 7.71. The van der Waals surface area contributed by atoms with E-state index in [0.29, 0.717) is 18.6 Å². The third-order valence-electron chi connectivity index (χ3n) is 4.51. The van der Waals surface area contributed by atoms with Crippen LogP contribution >= 0.6 is 11.6 Å². The van der Waals surface area contributed by atoms with E-state index in [1.54, 1.807) is 0 Å². The average Bonchev–Trinajstić information content (AvgIpc) is 2.61. The summed E-state index contributed by atoms with van der Waals surface area (Å²) >= 11 is 6.19. The summed E-state index contributed by atoms with van der Waals surface area (Å²) in [5.41, 5.74) is 7.65. The molecular weight excluding hydrogens is 280 g/mol. The predicted octanol–water partition coefficient (Wildman–Crippen LogP) is 4.91. The van der Waals surface area contributed by atoms with Gasteiger partial charge in [0.25, 0.3) is 0 Å². The van der Waals surface area contributed by atoms with Gasteiger partial charge in [-0.15, -0.1) is 0 Å². The molecule has 4 rings (SSSR count). The third kappa shape index (κ3) is 2.13. The summed E-state index contributed by atoms with van der Waals surface area (Å²) in [6.45, 7) is 0. The molecule has 0 N–H and O–H groups in total. The molecule has 0 radical (unpaired) electrons. The average molecular weight is 295 g/mol. The van der Waals surface area contributed by atoms with Gasteiger partial charge in [0.15, 0.2) is 0 Å². The van der Waals surface area contributed by atoms with Crippen LogP contribution in [0.25, 0.3) is 11.1 Å². The SMILES string of the molecule is O=C1CCC2=C(C1)c1ccccc1Cc1cc(Cl)ccc12. The Morgan fingerprint density at radius 2 is 1.62 bits per heavy atom. The zero-order valence-corrected chi connectivity index (χ0v) is 12.4. The van der Waals surface area contributed by atoms with Gasteiger partial charge in [-0.25, -0.2) is 0 Å². The van der Waals surface area contributed by atoms with E-state index in [4.69, 9.17) is 11.6 Å². The van der Waals surface area contributed by atoms with Gasteiger partial charge < -0.3 is 0 Å². The van der Waals surface area contributed by atoms with Crippen LogP contribution in [0.3, 0.4) is 0 Å². The molecule has 2 aliphatic rings. The van der Waals surface area contributed by atoms with Crippen molar-refractivity contribution in [3.63, 3.8) is 0 Å². The second-order valence-electron chi connectivity index (χ2n) is 5.81. The van der Waals surface area contributed by atoms with Crippen molar-refractivity contribution in [3.05, 3.63) is 69.7 Å². The molecule has 21 heavy (non-hydrogen) atoms. The zero-order valence-electron chi connectivity index (χ0n) is 11.7. The third-order valence-corrected chi connectivity index (χ3v) is 4.74. The number of hydrogen-bond acceptors (Lipinski definition) is 1. The molecule has 0 saturated carbocycles. The smallest absolute Gasteiger partial charge is 0.137 e. The number of ketones is 1. The molecule has 0 bridgehead atoms. The van der Waals surface area contributed by atoms with Crippen molar-refractivity contribution in [3.8, 4) is 0 Å². The van der Waals surface area contributed by atoms with Gasteiger partial charge in [-0.3, -0.25) is 4.79 Å². The van der Waals surface area contributed by atoms with Crippen molar-refractivity contribution in [1.29, 1.82) is 0 Å². The van der Waals surface area contributed by atoms with Gasteiger partial charge in [0.1, 0.15) is 5.78 Å². The minimum absolute atomic E-state index is 0.348. The number of hydrogen-bond donors (Lipinski definition) is 0. The summed E-state index contributed by atoms with van der Waals surface area (Å²) in [6, 6.07) is 14.6. The highest BCUT2D eigenvalue weighted by atomic mass is 35.5. The van der Waals surface area contributed by atoms with Crippen molar-refractivity contribution < 1.29 is 4.79 Å². The summed E-state index contributed by atoms with van der Waals surface area (Å²) in [5.74, 6) is 0.348. The van der Waals surface area contributed by atoms with Crippen LogP contribution in [0.2, 0.25) is 5.02 Å². The van der Waals surface area contributed by atoms with Gasteiger partial charge >= 0.3 is 0 Å². The van der Waals surface area contributed by atoms with E-state index in [1.165, 1.54) is 33.4 Å². The fourth-order valence-electron chi connectivity index (χ4n) is 3.54. The number of allylic oxidation sites excluding steroid dienone is 2. The maximum absolute atomic E-state index is 12.0. The lowest BCUT2D eigenvalue weighted by molar-refractivity contribution is -0.118. The molecule has 2 heteroatoms. The molecule has 0 spiro atoms. The molecule has 0 atom stereocenters. The lowest BCUT2D eigenvalue weighted by Gasteiger charge is -2.20. The van der Waals surface area contributed by atoms with Crippen molar-refractivity contribution >= 4 is 28.5 Å². The van der Waals surface area contributed by atoms with Crippen LogP contribution in [0.5, 0.6) is 0 Å². The van der Waals surface area contributed by atoms with E-state index in [0.717, 1.165) is 17.9 Å². The van der Waals surface area contributed by atoms with E-state index < -0.39 is 0 Å². The van der Waals surface area contributed by atoms with Gasteiger partial charge in [-0.05, 0) is 58.4 Å². The second kappa shape index (κ2) is 4.85. The van der Waals surface area contributed by atoms with Crippen molar-refractivity contribution in [2.75, 3.05) is 0 Å². The van der Waals surface area contributed by atoms with Crippen LogP contribution in [0.4, 0.5) is 0 Å². The summed E-state index contributed by atoms with van der Waals surface area (Å²) < 4.78 is 0. The fraction of sp³-hybridized carbons (Fsp3) is 0.211. The van der Waals surface area contributed by atoms with Gasteiger partial charge in [0.05, 0.1) is 0 Å². The molecule has 0 aliphatic heterocycles. The highest BCUT2D eigenvalue weighted by Crippen LogP contribution is 2.42. The van der Waals surface area contributed by atoms with E-state index in [9.17, 15) is 4.79 Å². The Labute approximate surface area is 129 Å². The Kier molecular flexibility index (Phi) is 2.97. The van der Waals surface area contributed by atoms with Crippen LogP contribution in [0, 0.1) is 0 Å². The molecule has 2 aliphatic carbocycles. The summed E-state index contributed by atoms with van der Waals surface area (Å²) in [7, 11) is 0. The van der Waals surface area contributed by atoms with Gasteiger partial charge in [-0.1, -0.05) is 41.9 Å². The van der Waals surface area contributed by atoms with Crippen molar-refractivity contribution in [1.82, 2.24) is 0 Å². The number of benzene rings is 2. The Morgan fingerprint density at radius 3 is 2.52 bits per heavy atom. The molecule has 0 saturated heterocycles. The highest BCUT2D eigenvalue weighted by molar-refractivity contribution is 6.30. The molecule has 2 aromatic carbocycles. The van der Waals surface area contributed by atoms with Crippen molar-refractivity contribution in [2.45, 2.75) is 25.7 Å². The normalized spacial score (nSPS) is 16.9. The highest BCUT2D eigenvalue weighted by Gasteiger charge is 2.26. The number of carbonyl (C=O) groups is 1. The molecule has 104 valence electrons. The number of Topliss-reactive ketones (excluding diaryl/α,β-unsaturated/α-hetero) is 1. The maximum atomic E-state index is 12.0. The quantitative estimate of drug-likeness (QED) is 0.675. The molecule has 0 amide bonds. The number of carbonyl (C=O) groups excluding carboxylic acids is 1. The maximum Gasteiger partial charge on any atom is 0.137 e. The monoisotopic (exact) mass is 294 g/mol. The largest absolute Gasteiger partial charge is 0.299 e. The molecule has 0 aromatic heterocycles. The Bertz CT molecular complexity index is 786. The Balaban J connectivity index is 2.03. The number of halogens is 1. The number of fused-ring (bicyclic) bond motifs is 4. The fourth-order valence-corrected chi connectivity index (χ4v) is 3.73. The van der Waals surface area contributed by atoms with Crippen LogP contribution in [-0.2, 0) is 11.2 Å². The molecule has 0 heterocycles. The van der Waals surface area contributed by atoms with Crippen molar-refractivity contribution in [2.24, 2.45) is 0 Å². The summed E-state index contributed by atoms with van der Waals surface area (Å²) in [6.07, 6.45) is 2.95. The van der Waals surface area contributed by atoms with E-state index in [2.05, 4.69) is 36.4 Å². The molecule has 0 fully saturated rings. The lowest BCUT2D eigenvalue weighted by atomic mass is 9.83. The molecular formula is C19H15ClO. The first kappa shape index (κ1) is 12.8. The van der Waals surface area contributed by atoms with Crippen LogP contribution in [-0.4, -0.2) is 5.78 Å². The van der Waals surface area contributed by atoms with E-state index >= 15 is 0 Å². The molecule has 1 nitrogen and oxygen atoms in total. The first-order chi connectivity index (χ1) is 10.2. The lowest BCUT2D eigenvalue weighted by Crippen LogP contribution is -2.08. The van der Waals surface area contributed by atoms with E-state index in [-0.39, 0.29) is 0 Å². The minimum atomic E-state index is 0.348. The standard InChI is InChI=1S/C19H15ClO/c20-14-5-7-17-13(10-14)9-12-3-1-2-4-16(12)19-11-15(21)6-8-18(17)19/h1-5,7,10H,6,8-9,11H2. The Morgan fingerprint density at radius 1 is 0.810 bits per heavy atom. The summed E-state index contributed by atoms with van der Waals surface area (Å²) in [5, 5.41) is 0.780. The first-order valence-electron chi connectivity index (χ1n) is 7.33. The minimum Gasteiger partial charge on any atom is -0.299 e. The predicted molar refractivity (Wildman–Crippen MR) is 86.4 cm³/mol. The topological polar surface area (TPSA) is 17.1 Å². The van der Waals surface area contributed by atoms with Gasteiger partial charge in [0, 0.05) is 17.9 Å². The van der Waals surface area contributed by atoms with Crippen LogP contribution in [0.15, 0.2) is 42.5 Å². The van der Waals surface area contributed by atoms with Gasteiger partial charge in [-0.2, -0.15) is 0 Å². The van der Waals surface area contributed by atoms with Crippen LogP contribution in [0.1, 0.15) is 41.5 Å². The second-order valence-corrected chi connectivity index (χ2v) is 6.24. The van der Waals surface area contributed by atoms with Crippen LogP contribution < -0.4 is 0 Å². The zero-order chi connectivity index (χ0) is 14.4. The number of rotatable bonds is 0. The molecule has 0 unspecified atom stereocenters. The van der Waals surface area contributed by atoms with E-state index in [1.807, 2.05) is 6.07 Å². The Hall–Kier alpha value is -1.86. The van der Waals surface area contributed by atoms with Gasteiger partial charge in [0.2, 0.25) is 0 Å². The summed E-state index contributed by atoms with van der Waals surface area (Å²) in [4.78, 5) is 12.0. The molecule has 2 aromatic rings.